The van der Waals surface area contributed by atoms with E-state index in [1.165, 1.54) is 0 Å². The zero-order valence-electron chi connectivity index (χ0n) is 4.53. The minimum Gasteiger partial charge on any atom is -0.286 e. The molecular formula is C2H7NO4S. The molecule has 0 radical (unpaired) electrons. The smallest absolute Gasteiger partial charge is 0.286 e. The van der Waals surface area contributed by atoms with Crippen LogP contribution in [0.2, 0.25) is 0 Å². The van der Waals surface area contributed by atoms with Gasteiger partial charge in [0.25, 0.3) is 0 Å². The van der Waals surface area contributed by atoms with Crippen LogP contribution in [0.3, 0.4) is 0 Å². The van der Waals surface area contributed by atoms with Gasteiger partial charge in [-0.3, -0.25) is 9.39 Å². The van der Waals surface area contributed by atoms with Crippen molar-refractivity contribution in [3.05, 3.63) is 0 Å². The molecule has 50 valence electrons. The summed E-state index contributed by atoms with van der Waals surface area (Å²) in [4.78, 5) is 4.11. The Morgan fingerprint density at radius 2 is 2.00 bits per heavy atom. The molecule has 0 aliphatic carbocycles. The maximum Gasteiger partial charge on any atom is 0.358 e. The molecule has 0 saturated carbocycles. The highest BCUT2D eigenvalue weighted by atomic mass is 32.2. The van der Waals surface area contributed by atoms with Gasteiger partial charge in [-0.05, 0) is 0 Å². The van der Waals surface area contributed by atoms with Crippen molar-refractivity contribution in [2.24, 2.45) is 0 Å². The van der Waals surface area contributed by atoms with Gasteiger partial charge in [0.1, 0.15) is 0 Å². The third-order valence-electron chi connectivity index (χ3n) is 0.582. The highest BCUT2D eigenvalue weighted by Crippen LogP contribution is 1.88. The number of hydroxylamine groups is 1. The molecule has 0 aromatic heterocycles. The second-order valence-corrected chi connectivity index (χ2v) is 2.48. The summed E-state index contributed by atoms with van der Waals surface area (Å²) in [6.45, 7) is 0. The minimum absolute atomic E-state index is 0.340. The van der Waals surface area contributed by atoms with Gasteiger partial charge in [-0.15, -0.1) is 0 Å². The van der Waals surface area contributed by atoms with E-state index < -0.39 is 10.3 Å². The summed E-state index contributed by atoms with van der Waals surface area (Å²) in [5, 5.41) is 0. The average molecular weight is 141 g/mol. The topological polar surface area (TPSA) is 66.8 Å². The van der Waals surface area contributed by atoms with Gasteiger partial charge in [-0.2, -0.15) is 8.42 Å². The Hall–Kier alpha value is -0.170. The van der Waals surface area contributed by atoms with E-state index in [1.54, 1.807) is 0 Å². The maximum atomic E-state index is 9.92. The molecule has 0 aliphatic heterocycles. The largest absolute Gasteiger partial charge is 0.358 e. The molecule has 0 saturated heterocycles. The first-order chi connectivity index (χ1) is 3.48. The van der Waals surface area contributed by atoms with Crippen molar-refractivity contribution in [3.63, 3.8) is 0 Å². The molecule has 0 bridgehead atoms. The first kappa shape index (κ1) is 7.83. The molecular weight excluding hydrogens is 134 g/mol. The van der Waals surface area contributed by atoms with Crippen molar-refractivity contribution in [1.29, 1.82) is 0 Å². The van der Waals surface area contributed by atoms with Crippen molar-refractivity contribution in [3.8, 4) is 0 Å². The van der Waals surface area contributed by atoms with Crippen molar-refractivity contribution >= 4 is 10.3 Å². The van der Waals surface area contributed by atoms with Crippen LogP contribution < -0.4 is 0 Å². The highest BCUT2D eigenvalue weighted by Gasteiger charge is 2.10. The highest BCUT2D eigenvalue weighted by molar-refractivity contribution is 7.83. The van der Waals surface area contributed by atoms with E-state index in [4.69, 9.17) is 4.55 Å². The predicted molar refractivity (Wildman–Crippen MR) is 26.3 cm³/mol. The summed E-state index contributed by atoms with van der Waals surface area (Å²) in [5.74, 6) is 0. The van der Waals surface area contributed by atoms with E-state index >= 15 is 0 Å². The fourth-order valence-corrected chi connectivity index (χ4v) is 0.283. The zero-order chi connectivity index (χ0) is 6.78. The van der Waals surface area contributed by atoms with Gasteiger partial charge in [-0.1, -0.05) is 4.47 Å². The zero-order valence-corrected chi connectivity index (χ0v) is 5.34. The summed E-state index contributed by atoms with van der Waals surface area (Å²) >= 11 is 0. The summed E-state index contributed by atoms with van der Waals surface area (Å²) in [5.41, 5.74) is 0. The Morgan fingerprint density at radius 1 is 1.62 bits per heavy atom. The van der Waals surface area contributed by atoms with E-state index in [1.807, 2.05) is 0 Å². The second kappa shape index (κ2) is 2.40. The van der Waals surface area contributed by atoms with E-state index in [9.17, 15) is 8.42 Å². The van der Waals surface area contributed by atoms with Crippen LogP contribution in [-0.4, -0.2) is 31.6 Å². The molecule has 0 unspecified atom stereocenters. The van der Waals surface area contributed by atoms with Crippen molar-refractivity contribution in [2.45, 2.75) is 0 Å². The molecule has 8 heavy (non-hydrogen) atoms. The molecule has 0 aromatic rings. The molecule has 0 amide bonds. The van der Waals surface area contributed by atoms with Crippen molar-refractivity contribution in [1.82, 2.24) is 4.47 Å². The second-order valence-electron chi connectivity index (χ2n) is 1.07. The fourth-order valence-electron chi connectivity index (χ4n) is 0.0942. The number of nitrogens with zero attached hydrogens (tertiary/aromatic N) is 1. The monoisotopic (exact) mass is 141 g/mol. The molecule has 5 nitrogen and oxygen atoms in total. The van der Waals surface area contributed by atoms with Crippen LogP contribution in [-0.2, 0) is 15.1 Å². The summed E-state index contributed by atoms with van der Waals surface area (Å²) in [6, 6.07) is 0. The molecule has 1 N–H and O–H groups in total. The van der Waals surface area contributed by atoms with Gasteiger partial charge >= 0.3 is 10.3 Å². The van der Waals surface area contributed by atoms with Crippen LogP contribution >= 0.6 is 0 Å². The SMILES string of the molecule is CON(C)S(=O)(=O)O. The Bertz CT molecular complexity index is 149. The van der Waals surface area contributed by atoms with Crippen LogP contribution in [0.5, 0.6) is 0 Å². The lowest BCUT2D eigenvalue weighted by molar-refractivity contribution is -0.0338. The standard InChI is InChI=1S/C2H7NO4S/c1-3(7-2)8(4,5)6/h1-2H3,(H,4,5,6). The quantitative estimate of drug-likeness (QED) is 0.407. The first-order valence-corrected chi connectivity index (χ1v) is 3.13. The van der Waals surface area contributed by atoms with Crippen LogP contribution in [0, 0.1) is 0 Å². The molecule has 0 aromatic carbocycles. The minimum atomic E-state index is -4.14. The van der Waals surface area contributed by atoms with Gasteiger partial charge in [0.15, 0.2) is 0 Å². The Morgan fingerprint density at radius 3 is 2.00 bits per heavy atom. The molecule has 0 spiro atoms. The lowest BCUT2D eigenvalue weighted by atomic mass is 11.5. The average Bonchev–Trinajstić information content (AvgIpc) is 1.62. The van der Waals surface area contributed by atoms with Crippen LogP contribution in [0.25, 0.3) is 0 Å². The van der Waals surface area contributed by atoms with Gasteiger partial charge in [0.05, 0.1) is 7.11 Å². The van der Waals surface area contributed by atoms with Gasteiger partial charge < -0.3 is 0 Å². The molecule has 0 rings (SSSR count). The summed E-state index contributed by atoms with van der Waals surface area (Å²) in [6.07, 6.45) is 0. The van der Waals surface area contributed by atoms with Gasteiger partial charge in [0, 0.05) is 7.05 Å². The molecule has 0 atom stereocenters. The normalized spacial score (nSPS) is 12.5. The Kier molecular flexibility index (Phi) is 2.35. The van der Waals surface area contributed by atoms with Crippen LogP contribution in [0.1, 0.15) is 0 Å². The molecule has 0 fully saturated rings. The van der Waals surface area contributed by atoms with Gasteiger partial charge in [-0.25, -0.2) is 0 Å². The molecule has 0 heterocycles. The van der Waals surface area contributed by atoms with Crippen molar-refractivity contribution in [2.75, 3.05) is 14.2 Å². The summed E-state index contributed by atoms with van der Waals surface area (Å²) in [7, 11) is -1.93. The predicted octanol–water partition coefficient (Wildman–Crippen LogP) is -0.718. The van der Waals surface area contributed by atoms with E-state index in [2.05, 4.69) is 4.84 Å². The lowest BCUT2D eigenvalue weighted by Crippen LogP contribution is -2.24. The Balaban J connectivity index is 4.04. The third kappa shape index (κ3) is 2.22. The third-order valence-corrected chi connectivity index (χ3v) is 1.38. The number of rotatable bonds is 2. The Labute approximate surface area is 47.7 Å². The van der Waals surface area contributed by atoms with Gasteiger partial charge in [0.2, 0.25) is 0 Å². The fraction of sp³-hybridized carbons (Fsp3) is 1.00. The number of hydrogen-bond donors (Lipinski definition) is 1. The maximum absolute atomic E-state index is 9.92. The molecule has 6 heteroatoms. The first-order valence-electron chi connectivity index (χ1n) is 1.74. The van der Waals surface area contributed by atoms with Crippen molar-refractivity contribution < 1.29 is 17.8 Å². The van der Waals surface area contributed by atoms with E-state index in [0.29, 0.717) is 4.47 Å². The van der Waals surface area contributed by atoms with E-state index in [-0.39, 0.29) is 0 Å². The summed E-state index contributed by atoms with van der Waals surface area (Å²) < 4.78 is 28.2. The number of hydrogen-bond acceptors (Lipinski definition) is 3. The van der Waals surface area contributed by atoms with E-state index in [0.717, 1.165) is 14.2 Å². The lowest BCUT2D eigenvalue weighted by Gasteiger charge is -2.06. The van der Waals surface area contributed by atoms with Crippen LogP contribution in [0.4, 0.5) is 0 Å². The molecule has 0 aliphatic rings. The van der Waals surface area contributed by atoms with Crippen LogP contribution in [0.15, 0.2) is 0 Å².